The van der Waals surface area contributed by atoms with Crippen molar-refractivity contribution in [2.75, 3.05) is 25.7 Å². The molecule has 1 aliphatic heterocycles. The minimum atomic E-state index is -3.10. The summed E-state index contributed by atoms with van der Waals surface area (Å²) < 4.78 is 34.1. The van der Waals surface area contributed by atoms with Gasteiger partial charge in [-0.15, -0.1) is 11.3 Å². The summed E-state index contributed by atoms with van der Waals surface area (Å²) in [5.41, 5.74) is 0.678. The Bertz CT molecular complexity index is 984. The van der Waals surface area contributed by atoms with Crippen molar-refractivity contribution in [2.45, 2.75) is 25.8 Å². The lowest BCUT2D eigenvalue weighted by molar-refractivity contribution is 0.0919. The predicted octanol–water partition coefficient (Wildman–Crippen LogP) is 2.44. The molecule has 0 spiro atoms. The van der Waals surface area contributed by atoms with E-state index in [9.17, 15) is 13.2 Å². The van der Waals surface area contributed by atoms with Gasteiger partial charge in [0.05, 0.1) is 37.0 Å². The molecule has 146 valence electrons. The van der Waals surface area contributed by atoms with Gasteiger partial charge in [0.25, 0.3) is 5.91 Å². The second-order valence-corrected chi connectivity index (χ2v) is 10.0. The highest BCUT2D eigenvalue weighted by atomic mass is 32.2. The van der Waals surface area contributed by atoms with Crippen LogP contribution in [0.15, 0.2) is 18.2 Å². The molecular formula is C18H22N2O5S2. The summed E-state index contributed by atoms with van der Waals surface area (Å²) in [5.74, 6) is 0.964. The summed E-state index contributed by atoms with van der Waals surface area (Å²) in [6.45, 7) is 3.53. The van der Waals surface area contributed by atoms with Crippen LogP contribution in [0.2, 0.25) is 0 Å². The zero-order valence-corrected chi connectivity index (χ0v) is 17.3. The van der Waals surface area contributed by atoms with Crippen molar-refractivity contribution in [1.82, 2.24) is 10.3 Å². The smallest absolute Gasteiger partial charge is 0.263 e. The van der Waals surface area contributed by atoms with Gasteiger partial charge in [-0.05, 0) is 38.5 Å². The molecule has 0 bridgehead atoms. The molecule has 3 rings (SSSR count). The van der Waals surface area contributed by atoms with E-state index in [0.29, 0.717) is 33.5 Å². The molecule has 1 N–H and O–H groups in total. The fourth-order valence-electron chi connectivity index (χ4n) is 3.14. The molecule has 2 aromatic rings. The van der Waals surface area contributed by atoms with Crippen LogP contribution in [-0.2, 0) is 9.84 Å². The lowest BCUT2D eigenvalue weighted by Crippen LogP contribution is -2.46. The Balaban J connectivity index is 1.85. The summed E-state index contributed by atoms with van der Waals surface area (Å²) in [6.07, 6.45) is 0.418. The van der Waals surface area contributed by atoms with E-state index < -0.39 is 15.4 Å². The number of rotatable bonds is 5. The molecule has 1 aromatic carbocycles. The van der Waals surface area contributed by atoms with Gasteiger partial charge in [0, 0.05) is 5.56 Å². The Morgan fingerprint density at radius 2 is 1.96 bits per heavy atom. The number of sulfone groups is 1. The van der Waals surface area contributed by atoms with Crippen LogP contribution in [0.3, 0.4) is 0 Å². The first kappa shape index (κ1) is 19.6. The molecule has 0 saturated carbocycles. The first-order valence-corrected chi connectivity index (χ1v) is 11.0. The number of hydrogen-bond acceptors (Lipinski definition) is 7. The number of methoxy groups -OCH3 is 2. The van der Waals surface area contributed by atoms with Gasteiger partial charge in [-0.3, -0.25) is 4.79 Å². The Kier molecular flexibility index (Phi) is 5.18. The number of carbonyl (C=O) groups excluding carboxylic acids is 1. The van der Waals surface area contributed by atoms with Crippen LogP contribution in [0.1, 0.15) is 28.7 Å². The first-order valence-electron chi connectivity index (χ1n) is 8.39. The van der Waals surface area contributed by atoms with Gasteiger partial charge in [-0.2, -0.15) is 0 Å². The standard InChI is InChI=1S/C18H22N2O5S2/c1-11-15(16(21)20-18(2)7-8-27(22,23)10-18)26-17(19-11)12-5-6-13(24-3)14(9-12)25-4/h5-6,9H,7-8,10H2,1-4H3,(H,20,21). The Morgan fingerprint density at radius 3 is 2.56 bits per heavy atom. The molecule has 0 radical (unpaired) electrons. The molecule has 7 nitrogen and oxygen atoms in total. The van der Waals surface area contributed by atoms with Gasteiger partial charge in [-0.1, -0.05) is 0 Å². The molecule has 1 aromatic heterocycles. The molecule has 1 atom stereocenters. The number of hydrogen-bond donors (Lipinski definition) is 1. The highest BCUT2D eigenvalue weighted by molar-refractivity contribution is 7.91. The number of ether oxygens (including phenoxy) is 2. The third-order valence-corrected chi connectivity index (χ3v) is 7.66. The van der Waals surface area contributed by atoms with E-state index in [1.165, 1.54) is 11.3 Å². The van der Waals surface area contributed by atoms with E-state index in [1.54, 1.807) is 34.1 Å². The number of aryl methyl sites for hydroxylation is 1. The Morgan fingerprint density at radius 1 is 1.26 bits per heavy atom. The minimum Gasteiger partial charge on any atom is -0.493 e. The van der Waals surface area contributed by atoms with Crippen molar-refractivity contribution in [3.8, 4) is 22.1 Å². The van der Waals surface area contributed by atoms with Crippen LogP contribution < -0.4 is 14.8 Å². The second kappa shape index (κ2) is 7.12. The highest BCUT2D eigenvalue weighted by Gasteiger charge is 2.40. The normalized spacial score (nSPS) is 21.0. The zero-order chi connectivity index (χ0) is 19.8. The van der Waals surface area contributed by atoms with E-state index in [1.807, 2.05) is 12.1 Å². The van der Waals surface area contributed by atoms with Crippen LogP contribution in [0.25, 0.3) is 10.6 Å². The highest BCUT2D eigenvalue weighted by Crippen LogP contribution is 2.35. The molecule has 27 heavy (non-hydrogen) atoms. The summed E-state index contributed by atoms with van der Waals surface area (Å²) in [4.78, 5) is 17.7. The first-order chi connectivity index (χ1) is 12.7. The zero-order valence-electron chi connectivity index (χ0n) is 15.7. The van der Waals surface area contributed by atoms with Gasteiger partial charge < -0.3 is 14.8 Å². The number of benzene rings is 1. The molecule has 9 heteroatoms. The number of aromatic nitrogens is 1. The maximum Gasteiger partial charge on any atom is 0.263 e. The SMILES string of the molecule is COc1ccc(-c2nc(C)c(C(=O)NC3(C)CCS(=O)(=O)C3)s2)cc1OC. The van der Waals surface area contributed by atoms with Crippen LogP contribution in [0, 0.1) is 6.92 Å². The molecular weight excluding hydrogens is 388 g/mol. The van der Waals surface area contributed by atoms with E-state index >= 15 is 0 Å². The average Bonchev–Trinajstić information content (AvgIpc) is 3.13. The van der Waals surface area contributed by atoms with Gasteiger partial charge in [-0.25, -0.2) is 13.4 Å². The quantitative estimate of drug-likeness (QED) is 0.814. The van der Waals surface area contributed by atoms with Crippen molar-refractivity contribution >= 4 is 27.1 Å². The van der Waals surface area contributed by atoms with Crippen molar-refractivity contribution in [3.63, 3.8) is 0 Å². The lowest BCUT2D eigenvalue weighted by atomic mass is 10.0. The van der Waals surface area contributed by atoms with Gasteiger partial charge >= 0.3 is 0 Å². The summed E-state index contributed by atoms with van der Waals surface area (Å²) in [5, 5.41) is 3.56. The van der Waals surface area contributed by atoms with Gasteiger partial charge in [0.15, 0.2) is 21.3 Å². The van der Waals surface area contributed by atoms with Crippen molar-refractivity contribution in [3.05, 3.63) is 28.8 Å². The molecule has 0 aliphatic carbocycles. The molecule has 1 saturated heterocycles. The number of nitrogens with zero attached hydrogens (tertiary/aromatic N) is 1. The number of nitrogens with one attached hydrogen (secondary N) is 1. The van der Waals surface area contributed by atoms with Crippen LogP contribution in [0.4, 0.5) is 0 Å². The topological polar surface area (TPSA) is 94.6 Å². The largest absolute Gasteiger partial charge is 0.493 e. The Hall–Kier alpha value is -2.13. The molecule has 1 aliphatic rings. The maximum absolute atomic E-state index is 12.7. The second-order valence-electron chi connectivity index (χ2n) is 6.86. The van der Waals surface area contributed by atoms with Crippen molar-refractivity contribution in [2.24, 2.45) is 0 Å². The van der Waals surface area contributed by atoms with Crippen molar-refractivity contribution in [1.29, 1.82) is 0 Å². The molecule has 1 fully saturated rings. The summed E-state index contributed by atoms with van der Waals surface area (Å²) >= 11 is 1.27. The summed E-state index contributed by atoms with van der Waals surface area (Å²) in [7, 11) is 0.0296. The molecule has 2 heterocycles. The van der Waals surface area contributed by atoms with E-state index in [-0.39, 0.29) is 17.4 Å². The average molecular weight is 411 g/mol. The van der Waals surface area contributed by atoms with Crippen LogP contribution >= 0.6 is 11.3 Å². The summed E-state index contributed by atoms with van der Waals surface area (Å²) in [6, 6.07) is 5.45. The fourth-order valence-corrected chi connectivity index (χ4v) is 6.19. The number of carbonyl (C=O) groups is 1. The van der Waals surface area contributed by atoms with E-state index in [2.05, 4.69) is 10.3 Å². The van der Waals surface area contributed by atoms with Gasteiger partial charge in [0.2, 0.25) is 0 Å². The Labute approximate surface area is 162 Å². The molecule has 1 unspecified atom stereocenters. The minimum absolute atomic E-state index is 0.0356. The monoisotopic (exact) mass is 410 g/mol. The van der Waals surface area contributed by atoms with Crippen LogP contribution in [0.5, 0.6) is 11.5 Å². The third-order valence-electron chi connectivity index (χ3n) is 4.55. The number of thiazole rings is 1. The van der Waals surface area contributed by atoms with Gasteiger partial charge in [0.1, 0.15) is 9.88 Å². The lowest BCUT2D eigenvalue weighted by Gasteiger charge is -2.23. The number of amides is 1. The maximum atomic E-state index is 12.7. The molecule has 1 amide bonds. The van der Waals surface area contributed by atoms with E-state index in [0.717, 1.165) is 5.56 Å². The third kappa shape index (κ3) is 4.08. The fraction of sp³-hybridized carbons (Fsp3) is 0.444. The van der Waals surface area contributed by atoms with E-state index in [4.69, 9.17) is 9.47 Å². The predicted molar refractivity (Wildman–Crippen MR) is 105 cm³/mol. The van der Waals surface area contributed by atoms with Crippen molar-refractivity contribution < 1.29 is 22.7 Å². The van der Waals surface area contributed by atoms with Crippen LogP contribution in [-0.4, -0.2) is 50.6 Å².